The van der Waals surface area contributed by atoms with Crippen LogP contribution in [0.15, 0.2) is 48.5 Å². The van der Waals surface area contributed by atoms with Gasteiger partial charge in [-0.15, -0.1) is 0 Å². The lowest BCUT2D eigenvalue weighted by molar-refractivity contribution is 0.0784. The van der Waals surface area contributed by atoms with Crippen LogP contribution in [0, 0.1) is 5.82 Å². The minimum Gasteiger partial charge on any atom is -0.337 e. The summed E-state index contributed by atoms with van der Waals surface area (Å²) >= 11 is 1.74. The quantitative estimate of drug-likeness (QED) is 0.833. The lowest BCUT2D eigenvalue weighted by atomic mass is 10.1. The van der Waals surface area contributed by atoms with E-state index >= 15 is 0 Å². The van der Waals surface area contributed by atoms with E-state index in [1.165, 1.54) is 16.5 Å². The number of amides is 1. The highest BCUT2D eigenvalue weighted by molar-refractivity contribution is 7.97. The normalized spacial score (nSPS) is 10.4. The van der Waals surface area contributed by atoms with Crippen molar-refractivity contribution in [3.63, 3.8) is 0 Å². The van der Waals surface area contributed by atoms with E-state index in [0.29, 0.717) is 11.1 Å². The summed E-state index contributed by atoms with van der Waals surface area (Å²) in [6, 6.07) is 14.1. The van der Waals surface area contributed by atoms with Gasteiger partial charge in [0.25, 0.3) is 5.91 Å². The number of thioether (sulfide) groups is 1. The molecule has 0 aromatic heterocycles. The van der Waals surface area contributed by atoms with Gasteiger partial charge in [0.2, 0.25) is 0 Å². The van der Waals surface area contributed by atoms with Gasteiger partial charge in [0.15, 0.2) is 0 Å². The average molecular weight is 303 g/mol. The second-order valence-corrected chi connectivity index (χ2v) is 5.75. The first-order valence-corrected chi connectivity index (χ1v) is 8.08. The summed E-state index contributed by atoms with van der Waals surface area (Å²) in [5.74, 6) is 0.543. The minimum atomic E-state index is -0.285. The zero-order chi connectivity index (χ0) is 15.2. The highest BCUT2D eigenvalue weighted by atomic mass is 32.2. The van der Waals surface area contributed by atoms with Crippen molar-refractivity contribution in [3.05, 3.63) is 71.0 Å². The molecule has 0 heterocycles. The van der Waals surface area contributed by atoms with Crippen molar-refractivity contribution in [2.75, 3.05) is 13.3 Å². The molecule has 0 aliphatic rings. The Labute approximate surface area is 129 Å². The molecule has 2 rings (SSSR count). The molecule has 0 spiro atoms. The van der Waals surface area contributed by atoms with Crippen LogP contribution in [0.2, 0.25) is 0 Å². The Hall–Kier alpha value is -1.81. The third-order valence-electron chi connectivity index (χ3n) is 3.22. The van der Waals surface area contributed by atoms with Crippen molar-refractivity contribution in [1.29, 1.82) is 0 Å². The summed E-state index contributed by atoms with van der Waals surface area (Å²) < 4.78 is 13.6. The molecule has 0 radical (unpaired) electrons. The standard InChI is InChI=1S/C17H18FNOS/c1-19(11-15-5-3-4-6-16(15)18)17(20)14-9-7-13(8-10-14)12-21-2/h3-10H,11-12H2,1-2H3. The minimum absolute atomic E-state index is 0.103. The van der Waals surface area contributed by atoms with Gasteiger partial charge in [-0.25, -0.2) is 4.39 Å². The van der Waals surface area contributed by atoms with Crippen LogP contribution in [0.25, 0.3) is 0 Å². The van der Waals surface area contributed by atoms with Crippen molar-refractivity contribution < 1.29 is 9.18 Å². The van der Waals surface area contributed by atoms with Gasteiger partial charge in [0, 0.05) is 30.5 Å². The Kier molecular flexibility index (Phi) is 5.39. The Balaban J connectivity index is 2.07. The van der Waals surface area contributed by atoms with Gasteiger partial charge in [0.1, 0.15) is 5.82 Å². The van der Waals surface area contributed by atoms with Crippen LogP contribution in [0.5, 0.6) is 0 Å². The summed E-state index contributed by atoms with van der Waals surface area (Å²) in [5.41, 5.74) is 2.34. The van der Waals surface area contributed by atoms with Crippen molar-refractivity contribution >= 4 is 17.7 Å². The molecule has 0 atom stereocenters. The van der Waals surface area contributed by atoms with E-state index in [4.69, 9.17) is 0 Å². The lowest BCUT2D eigenvalue weighted by Gasteiger charge is -2.18. The molecule has 1 amide bonds. The number of halogens is 1. The maximum Gasteiger partial charge on any atom is 0.253 e. The van der Waals surface area contributed by atoms with Gasteiger partial charge >= 0.3 is 0 Å². The Morgan fingerprint density at radius 1 is 1.14 bits per heavy atom. The number of rotatable bonds is 5. The van der Waals surface area contributed by atoms with Gasteiger partial charge in [-0.2, -0.15) is 11.8 Å². The molecule has 0 aliphatic heterocycles. The third kappa shape index (κ3) is 4.08. The average Bonchev–Trinajstić information content (AvgIpc) is 2.50. The van der Waals surface area contributed by atoms with Crippen LogP contribution in [0.3, 0.4) is 0 Å². The molecule has 4 heteroatoms. The van der Waals surface area contributed by atoms with Gasteiger partial charge in [0.05, 0.1) is 0 Å². The predicted molar refractivity (Wildman–Crippen MR) is 85.9 cm³/mol. The molecule has 0 bridgehead atoms. The van der Waals surface area contributed by atoms with E-state index in [2.05, 4.69) is 0 Å². The van der Waals surface area contributed by atoms with Crippen molar-refractivity contribution in [1.82, 2.24) is 4.90 Å². The smallest absolute Gasteiger partial charge is 0.253 e. The number of hydrogen-bond acceptors (Lipinski definition) is 2. The van der Waals surface area contributed by atoms with E-state index in [9.17, 15) is 9.18 Å². The molecule has 2 aromatic rings. The molecule has 0 fully saturated rings. The third-order valence-corrected chi connectivity index (χ3v) is 3.85. The molecule has 2 aromatic carbocycles. The van der Waals surface area contributed by atoms with Crippen LogP contribution in [-0.4, -0.2) is 24.1 Å². The van der Waals surface area contributed by atoms with Crippen molar-refractivity contribution in [2.24, 2.45) is 0 Å². The fourth-order valence-corrected chi connectivity index (χ4v) is 2.61. The molecule has 0 aliphatic carbocycles. The first-order valence-electron chi connectivity index (χ1n) is 6.68. The van der Waals surface area contributed by atoms with Crippen LogP contribution < -0.4 is 0 Å². The first kappa shape index (κ1) is 15.6. The van der Waals surface area contributed by atoms with Crippen LogP contribution in [0.1, 0.15) is 21.5 Å². The topological polar surface area (TPSA) is 20.3 Å². The molecule has 2 nitrogen and oxygen atoms in total. The molecule has 0 unspecified atom stereocenters. The largest absolute Gasteiger partial charge is 0.337 e. The monoisotopic (exact) mass is 303 g/mol. The first-order chi connectivity index (χ1) is 10.1. The zero-order valence-electron chi connectivity index (χ0n) is 12.2. The SMILES string of the molecule is CSCc1ccc(C(=O)N(C)Cc2ccccc2F)cc1. The van der Waals surface area contributed by atoms with E-state index in [-0.39, 0.29) is 18.3 Å². The maximum atomic E-state index is 13.6. The molecule has 21 heavy (non-hydrogen) atoms. The zero-order valence-corrected chi connectivity index (χ0v) is 13.0. The molecule has 0 saturated heterocycles. The Morgan fingerprint density at radius 2 is 1.81 bits per heavy atom. The Bertz CT molecular complexity index is 612. The number of hydrogen-bond donors (Lipinski definition) is 0. The van der Waals surface area contributed by atoms with Gasteiger partial charge in [-0.3, -0.25) is 4.79 Å². The second-order valence-electron chi connectivity index (χ2n) is 4.88. The molecule has 0 saturated carbocycles. The van der Waals surface area contributed by atoms with Crippen molar-refractivity contribution in [3.8, 4) is 0 Å². The molecule has 110 valence electrons. The summed E-state index contributed by atoms with van der Waals surface area (Å²) in [6.45, 7) is 0.262. The summed E-state index contributed by atoms with van der Waals surface area (Å²) in [5, 5.41) is 0. The van der Waals surface area contributed by atoms with Gasteiger partial charge < -0.3 is 4.90 Å². The van der Waals surface area contributed by atoms with E-state index in [0.717, 1.165) is 5.75 Å². The lowest BCUT2D eigenvalue weighted by Crippen LogP contribution is -2.26. The highest BCUT2D eigenvalue weighted by Crippen LogP contribution is 2.14. The highest BCUT2D eigenvalue weighted by Gasteiger charge is 2.13. The second kappa shape index (κ2) is 7.27. The fourth-order valence-electron chi connectivity index (χ4n) is 2.08. The fraction of sp³-hybridized carbons (Fsp3) is 0.235. The number of nitrogens with zero attached hydrogens (tertiary/aromatic N) is 1. The predicted octanol–water partition coefficient (Wildman–Crippen LogP) is 3.96. The van der Waals surface area contributed by atoms with E-state index in [1.54, 1.807) is 37.0 Å². The van der Waals surface area contributed by atoms with Crippen molar-refractivity contribution in [2.45, 2.75) is 12.3 Å². The van der Waals surface area contributed by atoms with Gasteiger partial charge in [-0.1, -0.05) is 30.3 Å². The van der Waals surface area contributed by atoms with Gasteiger partial charge in [-0.05, 0) is 30.0 Å². The summed E-state index contributed by atoms with van der Waals surface area (Å²) in [7, 11) is 1.69. The van der Waals surface area contributed by atoms with Crippen LogP contribution >= 0.6 is 11.8 Å². The summed E-state index contributed by atoms with van der Waals surface area (Å²) in [4.78, 5) is 13.9. The Morgan fingerprint density at radius 3 is 2.43 bits per heavy atom. The maximum absolute atomic E-state index is 13.6. The number of carbonyl (C=O) groups is 1. The van der Waals surface area contributed by atoms with E-state index in [1.807, 2.05) is 30.5 Å². The van der Waals surface area contributed by atoms with Crippen LogP contribution in [-0.2, 0) is 12.3 Å². The number of benzene rings is 2. The molecular formula is C17H18FNOS. The number of carbonyl (C=O) groups excluding carboxylic acids is 1. The molecular weight excluding hydrogens is 285 g/mol. The summed E-state index contributed by atoms with van der Waals surface area (Å²) in [6.07, 6.45) is 2.04. The molecule has 0 N–H and O–H groups in total. The van der Waals surface area contributed by atoms with E-state index < -0.39 is 0 Å². The van der Waals surface area contributed by atoms with Crippen LogP contribution in [0.4, 0.5) is 4.39 Å².